The Morgan fingerprint density at radius 3 is 2.53 bits per heavy atom. The van der Waals surface area contributed by atoms with Gasteiger partial charge in [0.05, 0.1) is 5.69 Å². The molecule has 2 rings (SSSR count). The van der Waals surface area contributed by atoms with Crippen LogP contribution < -0.4 is 5.69 Å². The summed E-state index contributed by atoms with van der Waals surface area (Å²) in [6, 6.07) is 10.1. The quantitative estimate of drug-likeness (QED) is 0.877. The topological polar surface area (TPSA) is 45.8 Å². The Morgan fingerprint density at radius 1 is 1.24 bits per heavy atom. The molecule has 0 bridgehead atoms. The van der Waals surface area contributed by atoms with Gasteiger partial charge in [0.2, 0.25) is 0 Å². The van der Waals surface area contributed by atoms with E-state index < -0.39 is 0 Å². The van der Waals surface area contributed by atoms with Crippen molar-refractivity contribution >= 4 is 0 Å². The first-order chi connectivity index (χ1) is 8.20. The van der Waals surface area contributed by atoms with Crippen molar-refractivity contribution in [2.45, 2.75) is 26.2 Å². The van der Waals surface area contributed by atoms with Crippen molar-refractivity contribution in [1.82, 2.24) is 9.97 Å². The second kappa shape index (κ2) is 4.95. The van der Waals surface area contributed by atoms with Crippen LogP contribution in [0.5, 0.6) is 0 Å². The van der Waals surface area contributed by atoms with Gasteiger partial charge >= 0.3 is 5.69 Å². The fourth-order valence-corrected chi connectivity index (χ4v) is 1.76. The van der Waals surface area contributed by atoms with Crippen molar-refractivity contribution < 1.29 is 0 Å². The minimum atomic E-state index is -0.312. The van der Waals surface area contributed by atoms with Crippen molar-refractivity contribution in [3.63, 3.8) is 0 Å². The normalized spacial score (nSPS) is 12.4. The zero-order valence-electron chi connectivity index (χ0n) is 10.1. The van der Waals surface area contributed by atoms with Crippen molar-refractivity contribution in [2.24, 2.45) is 0 Å². The van der Waals surface area contributed by atoms with Crippen LogP contribution in [0.1, 0.15) is 31.7 Å². The smallest absolute Gasteiger partial charge is 0.305 e. The predicted molar refractivity (Wildman–Crippen MR) is 69.0 cm³/mol. The summed E-state index contributed by atoms with van der Waals surface area (Å²) in [6.07, 6.45) is 2.65. The number of hydrogen-bond donors (Lipinski definition) is 1. The summed E-state index contributed by atoms with van der Waals surface area (Å²) in [5, 5.41) is 0. The molecule has 17 heavy (non-hydrogen) atoms. The maximum atomic E-state index is 11.1. The van der Waals surface area contributed by atoms with Crippen LogP contribution in [0.4, 0.5) is 0 Å². The Balaban J connectivity index is 2.32. The highest BCUT2D eigenvalue weighted by Crippen LogP contribution is 2.22. The molecule has 88 valence electrons. The van der Waals surface area contributed by atoms with E-state index >= 15 is 0 Å². The highest BCUT2D eigenvalue weighted by atomic mass is 16.1. The van der Waals surface area contributed by atoms with Crippen molar-refractivity contribution in [1.29, 1.82) is 0 Å². The number of aromatic amines is 1. The molecule has 1 atom stereocenters. The Bertz CT molecular complexity index is 543. The molecule has 0 amide bonds. The molecule has 1 heterocycles. The van der Waals surface area contributed by atoms with Gasteiger partial charge in [-0.1, -0.05) is 38.1 Å². The van der Waals surface area contributed by atoms with Gasteiger partial charge in [0, 0.05) is 6.20 Å². The lowest BCUT2D eigenvalue weighted by Crippen LogP contribution is -2.09. The first-order valence-corrected chi connectivity index (χ1v) is 5.86. The van der Waals surface area contributed by atoms with E-state index in [1.165, 1.54) is 11.8 Å². The number of aromatic nitrogens is 2. The highest BCUT2D eigenvalue weighted by molar-refractivity contribution is 5.58. The van der Waals surface area contributed by atoms with Crippen molar-refractivity contribution in [3.05, 3.63) is 52.6 Å². The van der Waals surface area contributed by atoms with Gasteiger partial charge in [0.1, 0.15) is 0 Å². The van der Waals surface area contributed by atoms with Gasteiger partial charge in [0.25, 0.3) is 0 Å². The van der Waals surface area contributed by atoms with Crippen molar-refractivity contribution in [3.8, 4) is 11.3 Å². The zero-order chi connectivity index (χ0) is 12.3. The summed E-state index contributed by atoms with van der Waals surface area (Å²) in [5.41, 5.74) is 2.83. The van der Waals surface area contributed by atoms with Gasteiger partial charge in [-0.05, 0) is 29.5 Å². The third-order valence-corrected chi connectivity index (χ3v) is 3.08. The molecule has 0 spiro atoms. The van der Waals surface area contributed by atoms with E-state index in [1.54, 1.807) is 6.07 Å². The van der Waals surface area contributed by atoms with Crippen LogP contribution in [0, 0.1) is 0 Å². The molecule has 0 aliphatic rings. The van der Waals surface area contributed by atoms with E-state index in [1.807, 2.05) is 12.1 Å². The van der Waals surface area contributed by atoms with Crippen LogP contribution in [-0.2, 0) is 0 Å². The van der Waals surface area contributed by atoms with Crippen LogP contribution in [0.25, 0.3) is 11.3 Å². The number of nitrogens with zero attached hydrogens (tertiary/aromatic N) is 1. The molecule has 1 aromatic heterocycles. The molecular weight excluding hydrogens is 212 g/mol. The molecule has 0 radical (unpaired) electrons. The largest absolute Gasteiger partial charge is 0.345 e. The second-order valence-electron chi connectivity index (χ2n) is 4.22. The average molecular weight is 228 g/mol. The van der Waals surface area contributed by atoms with Gasteiger partial charge < -0.3 is 4.98 Å². The maximum Gasteiger partial charge on any atom is 0.345 e. The van der Waals surface area contributed by atoms with E-state index in [-0.39, 0.29) is 5.69 Å². The molecular formula is C14H16N2O. The molecule has 0 aliphatic carbocycles. The maximum absolute atomic E-state index is 11.1. The van der Waals surface area contributed by atoms with Crippen LogP contribution in [0.3, 0.4) is 0 Å². The fourth-order valence-electron chi connectivity index (χ4n) is 1.76. The molecule has 3 nitrogen and oxygen atoms in total. The van der Waals surface area contributed by atoms with Crippen LogP contribution in [-0.4, -0.2) is 9.97 Å². The highest BCUT2D eigenvalue weighted by Gasteiger charge is 2.03. The van der Waals surface area contributed by atoms with Crippen LogP contribution in [0.15, 0.2) is 41.3 Å². The fraction of sp³-hybridized carbons (Fsp3) is 0.286. The number of rotatable bonds is 3. The minimum Gasteiger partial charge on any atom is -0.305 e. The Kier molecular flexibility index (Phi) is 3.38. The van der Waals surface area contributed by atoms with Crippen molar-refractivity contribution in [2.75, 3.05) is 0 Å². The van der Waals surface area contributed by atoms with E-state index in [0.29, 0.717) is 5.92 Å². The lowest BCUT2D eigenvalue weighted by Gasteiger charge is -2.09. The molecule has 0 saturated heterocycles. The monoisotopic (exact) mass is 228 g/mol. The van der Waals surface area contributed by atoms with Gasteiger partial charge in [-0.3, -0.25) is 0 Å². The SMILES string of the molecule is CCC(C)c1ccc(-c2ccnc(=O)[nH]2)cc1. The van der Waals surface area contributed by atoms with Crippen LogP contribution >= 0.6 is 0 Å². The Morgan fingerprint density at radius 2 is 1.94 bits per heavy atom. The summed E-state index contributed by atoms with van der Waals surface area (Å²) in [7, 11) is 0. The van der Waals surface area contributed by atoms with Gasteiger partial charge in [0.15, 0.2) is 0 Å². The second-order valence-corrected chi connectivity index (χ2v) is 4.22. The average Bonchev–Trinajstić information content (AvgIpc) is 2.38. The molecule has 0 aliphatic heterocycles. The lowest BCUT2D eigenvalue weighted by molar-refractivity contribution is 0.734. The number of H-pyrrole nitrogens is 1. The molecule has 1 N–H and O–H groups in total. The van der Waals surface area contributed by atoms with E-state index in [4.69, 9.17) is 0 Å². The molecule has 1 unspecified atom stereocenters. The Hall–Kier alpha value is -1.90. The minimum absolute atomic E-state index is 0.312. The van der Waals surface area contributed by atoms with E-state index in [9.17, 15) is 4.79 Å². The number of hydrogen-bond acceptors (Lipinski definition) is 2. The lowest BCUT2D eigenvalue weighted by atomic mass is 9.97. The standard InChI is InChI=1S/C14H16N2O/c1-3-10(2)11-4-6-12(7-5-11)13-8-9-15-14(17)16-13/h4-10H,3H2,1-2H3,(H,15,16,17). The third-order valence-electron chi connectivity index (χ3n) is 3.08. The third kappa shape index (κ3) is 2.61. The van der Waals surface area contributed by atoms with E-state index in [0.717, 1.165) is 17.7 Å². The summed E-state index contributed by atoms with van der Waals surface area (Å²) >= 11 is 0. The summed E-state index contributed by atoms with van der Waals surface area (Å²) in [5.74, 6) is 0.570. The van der Waals surface area contributed by atoms with E-state index in [2.05, 4.69) is 35.9 Å². The Labute approximate surface area is 101 Å². The summed E-state index contributed by atoms with van der Waals surface area (Å²) < 4.78 is 0. The van der Waals surface area contributed by atoms with Crippen LogP contribution in [0.2, 0.25) is 0 Å². The van der Waals surface area contributed by atoms with Gasteiger partial charge in [-0.25, -0.2) is 9.78 Å². The zero-order valence-corrected chi connectivity index (χ0v) is 10.1. The number of benzene rings is 1. The first-order valence-electron chi connectivity index (χ1n) is 5.86. The predicted octanol–water partition coefficient (Wildman–Crippen LogP) is 2.95. The summed E-state index contributed by atoms with van der Waals surface area (Å²) in [6.45, 7) is 4.39. The van der Waals surface area contributed by atoms with Gasteiger partial charge in [-0.15, -0.1) is 0 Å². The molecule has 0 fully saturated rings. The van der Waals surface area contributed by atoms with Gasteiger partial charge in [-0.2, -0.15) is 0 Å². The molecule has 0 saturated carbocycles. The first kappa shape index (κ1) is 11.6. The summed E-state index contributed by atoms with van der Waals surface area (Å²) in [4.78, 5) is 17.5. The molecule has 1 aromatic carbocycles. The molecule has 3 heteroatoms. The number of nitrogens with one attached hydrogen (secondary N) is 1. The molecule has 2 aromatic rings.